The van der Waals surface area contributed by atoms with Crippen LogP contribution in [0.15, 0.2) is 38.6 Å². The minimum Gasteiger partial charge on any atom is -0.398 e. The number of thiophene rings is 1. The zero-order valence-corrected chi connectivity index (χ0v) is 11.8. The molecule has 4 nitrogen and oxygen atoms in total. The summed E-state index contributed by atoms with van der Waals surface area (Å²) in [5, 5.41) is 3.87. The van der Waals surface area contributed by atoms with Crippen molar-refractivity contribution in [3.63, 3.8) is 0 Å². The van der Waals surface area contributed by atoms with Gasteiger partial charge in [0, 0.05) is 5.69 Å². The quantitative estimate of drug-likeness (QED) is 0.718. The molecule has 0 spiro atoms. The lowest BCUT2D eigenvalue weighted by molar-refractivity contribution is 0.432. The zero-order valence-electron chi connectivity index (χ0n) is 9.43. The fourth-order valence-electron chi connectivity index (χ4n) is 1.58. The van der Waals surface area contributed by atoms with E-state index >= 15 is 0 Å². The van der Waals surface area contributed by atoms with E-state index in [1.165, 1.54) is 29.5 Å². The summed E-state index contributed by atoms with van der Waals surface area (Å²) in [6.07, 6.45) is 0. The molecule has 0 aliphatic rings. The Morgan fingerprint density at radius 1 is 1.26 bits per heavy atom. The van der Waals surface area contributed by atoms with Crippen LogP contribution in [0.1, 0.15) is 0 Å². The van der Waals surface area contributed by atoms with E-state index in [9.17, 15) is 4.39 Å². The average molecular weight is 340 g/mol. The molecule has 96 valence electrons. The molecule has 2 heterocycles. The van der Waals surface area contributed by atoms with Crippen molar-refractivity contribution in [2.75, 3.05) is 5.73 Å². The van der Waals surface area contributed by atoms with E-state index in [0.717, 1.165) is 8.66 Å². The van der Waals surface area contributed by atoms with Crippen LogP contribution in [0.4, 0.5) is 10.1 Å². The molecule has 0 fully saturated rings. The number of halogens is 2. The van der Waals surface area contributed by atoms with E-state index in [1.807, 2.05) is 12.1 Å². The van der Waals surface area contributed by atoms with Crippen LogP contribution in [0.2, 0.25) is 0 Å². The second-order valence-corrected chi connectivity index (χ2v) is 6.22. The van der Waals surface area contributed by atoms with Crippen molar-refractivity contribution in [2.45, 2.75) is 0 Å². The summed E-state index contributed by atoms with van der Waals surface area (Å²) in [6.45, 7) is 0. The minimum absolute atomic E-state index is 0.205. The van der Waals surface area contributed by atoms with Gasteiger partial charge in [-0.1, -0.05) is 5.16 Å². The fourth-order valence-corrected chi connectivity index (χ4v) is 2.89. The number of rotatable bonds is 2. The van der Waals surface area contributed by atoms with Crippen molar-refractivity contribution in [1.82, 2.24) is 10.1 Å². The summed E-state index contributed by atoms with van der Waals surface area (Å²) in [4.78, 5) is 5.09. The first kappa shape index (κ1) is 12.3. The third kappa shape index (κ3) is 2.39. The Labute approximate surface area is 120 Å². The highest BCUT2D eigenvalue weighted by Gasteiger charge is 2.14. The molecule has 1 aromatic carbocycles. The Morgan fingerprint density at radius 2 is 2.11 bits per heavy atom. The van der Waals surface area contributed by atoms with Gasteiger partial charge in [0.05, 0.1) is 14.2 Å². The van der Waals surface area contributed by atoms with Crippen molar-refractivity contribution >= 4 is 33.0 Å². The Kier molecular flexibility index (Phi) is 3.08. The highest BCUT2D eigenvalue weighted by atomic mass is 79.9. The first-order chi connectivity index (χ1) is 9.13. The maximum Gasteiger partial charge on any atom is 0.260 e. The molecule has 7 heteroatoms. The molecule has 0 unspecified atom stereocenters. The van der Waals surface area contributed by atoms with Gasteiger partial charge >= 0.3 is 0 Å². The van der Waals surface area contributed by atoms with E-state index in [0.29, 0.717) is 17.1 Å². The molecule has 3 rings (SSSR count). The van der Waals surface area contributed by atoms with Gasteiger partial charge in [0.2, 0.25) is 5.82 Å². The minimum atomic E-state index is -0.400. The molecular weight excluding hydrogens is 333 g/mol. The number of nitrogen functional groups attached to an aromatic ring is 1. The van der Waals surface area contributed by atoms with Gasteiger partial charge in [0.1, 0.15) is 5.82 Å². The number of benzene rings is 1. The third-order valence-corrected chi connectivity index (χ3v) is 4.08. The molecule has 3 aromatic rings. The van der Waals surface area contributed by atoms with Crippen molar-refractivity contribution in [1.29, 1.82) is 0 Å². The Balaban J connectivity index is 2.03. The molecule has 0 bridgehead atoms. The predicted octanol–water partition coefficient (Wildman–Crippen LogP) is 3.95. The van der Waals surface area contributed by atoms with Crippen molar-refractivity contribution in [2.24, 2.45) is 0 Å². The van der Waals surface area contributed by atoms with Gasteiger partial charge in [0.15, 0.2) is 0 Å². The van der Waals surface area contributed by atoms with Gasteiger partial charge in [-0.25, -0.2) is 4.39 Å². The average Bonchev–Trinajstić information content (AvgIpc) is 3.00. The molecule has 0 amide bonds. The molecule has 2 aromatic heterocycles. The van der Waals surface area contributed by atoms with Crippen LogP contribution in [-0.2, 0) is 0 Å². The van der Waals surface area contributed by atoms with Crippen LogP contribution >= 0.6 is 27.3 Å². The molecule has 2 N–H and O–H groups in total. The Bertz CT molecular complexity index is 740. The van der Waals surface area contributed by atoms with Crippen LogP contribution in [0, 0.1) is 5.82 Å². The number of hydrogen-bond donors (Lipinski definition) is 1. The summed E-state index contributed by atoms with van der Waals surface area (Å²) in [5.74, 6) is 0.258. The highest BCUT2D eigenvalue weighted by Crippen LogP contribution is 2.32. The van der Waals surface area contributed by atoms with Gasteiger partial charge in [0.25, 0.3) is 5.89 Å². The second-order valence-electron chi connectivity index (χ2n) is 3.76. The summed E-state index contributed by atoms with van der Waals surface area (Å²) in [6, 6.07) is 7.80. The number of nitrogens with zero attached hydrogens (tertiary/aromatic N) is 2. The molecule has 0 aliphatic heterocycles. The van der Waals surface area contributed by atoms with Crippen LogP contribution in [0.3, 0.4) is 0 Å². The Hall–Kier alpha value is -1.73. The molecule has 19 heavy (non-hydrogen) atoms. The van der Waals surface area contributed by atoms with Crippen molar-refractivity contribution in [3.8, 4) is 22.2 Å². The SMILES string of the molecule is Nc1ccc(F)cc1-c1nc(-c2ccc(Br)s2)no1. The second kappa shape index (κ2) is 4.75. The van der Waals surface area contributed by atoms with Gasteiger partial charge in [-0.2, -0.15) is 4.98 Å². The Morgan fingerprint density at radius 3 is 2.84 bits per heavy atom. The first-order valence-electron chi connectivity index (χ1n) is 5.28. The standard InChI is InChI=1S/C12H7BrFN3OS/c13-10-4-3-9(19-10)11-16-12(18-17-11)7-5-6(14)1-2-8(7)15/h1-5H,15H2. The summed E-state index contributed by atoms with van der Waals surface area (Å²) in [5.41, 5.74) is 6.56. The van der Waals surface area contributed by atoms with Crippen LogP contribution in [0.5, 0.6) is 0 Å². The van der Waals surface area contributed by atoms with Crippen LogP contribution in [-0.4, -0.2) is 10.1 Å². The van der Waals surface area contributed by atoms with Crippen molar-refractivity contribution < 1.29 is 8.91 Å². The largest absolute Gasteiger partial charge is 0.398 e. The lowest BCUT2D eigenvalue weighted by Gasteiger charge is -1.99. The van der Waals surface area contributed by atoms with Crippen molar-refractivity contribution in [3.05, 3.63) is 39.9 Å². The van der Waals surface area contributed by atoms with Crippen LogP contribution < -0.4 is 5.73 Å². The molecule has 0 saturated carbocycles. The first-order valence-corrected chi connectivity index (χ1v) is 6.89. The summed E-state index contributed by atoms with van der Waals surface area (Å²) >= 11 is 4.85. The number of aromatic nitrogens is 2. The van der Waals surface area contributed by atoms with E-state index in [1.54, 1.807) is 0 Å². The highest BCUT2D eigenvalue weighted by molar-refractivity contribution is 9.11. The van der Waals surface area contributed by atoms with E-state index in [-0.39, 0.29) is 5.89 Å². The summed E-state index contributed by atoms with van der Waals surface area (Å²) < 4.78 is 19.3. The number of anilines is 1. The van der Waals surface area contributed by atoms with Gasteiger partial charge in [-0.15, -0.1) is 11.3 Å². The molecule has 0 saturated heterocycles. The number of hydrogen-bond acceptors (Lipinski definition) is 5. The predicted molar refractivity (Wildman–Crippen MR) is 75.1 cm³/mol. The lowest BCUT2D eigenvalue weighted by Crippen LogP contribution is -1.91. The third-order valence-electron chi connectivity index (χ3n) is 2.47. The zero-order chi connectivity index (χ0) is 13.4. The normalized spacial score (nSPS) is 10.8. The van der Waals surface area contributed by atoms with E-state index in [2.05, 4.69) is 26.1 Å². The van der Waals surface area contributed by atoms with E-state index < -0.39 is 5.82 Å². The molecule has 0 aliphatic carbocycles. The monoisotopic (exact) mass is 339 g/mol. The molecule has 0 radical (unpaired) electrons. The van der Waals surface area contributed by atoms with Gasteiger partial charge < -0.3 is 10.3 Å². The molecular formula is C12H7BrFN3OS. The topological polar surface area (TPSA) is 64.9 Å². The molecule has 0 atom stereocenters. The maximum atomic E-state index is 13.2. The van der Waals surface area contributed by atoms with Gasteiger partial charge in [-0.3, -0.25) is 0 Å². The smallest absolute Gasteiger partial charge is 0.260 e. The fraction of sp³-hybridized carbons (Fsp3) is 0. The summed E-state index contributed by atoms with van der Waals surface area (Å²) in [7, 11) is 0. The number of nitrogens with two attached hydrogens (primary N) is 1. The lowest BCUT2D eigenvalue weighted by atomic mass is 10.2. The maximum absolute atomic E-state index is 13.2. The van der Waals surface area contributed by atoms with Gasteiger partial charge in [-0.05, 0) is 46.3 Å². The van der Waals surface area contributed by atoms with Crippen LogP contribution in [0.25, 0.3) is 22.2 Å². The van der Waals surface area contributed by atoms with E-state index in [4.69, 9.17) is 10.3 Å².